The van der Waals surface area contributed by atoms with E-state index in [1.54, 1.807) is 12.1 Å². The van der Waals surface area contributed by atoms with Crippen LogP contribution in [0.4, 0.5) is 4.39 Å². The monoisotopic (exact) mass is 342 g/mol. The van der Waals surface area contributed by atoms with Crippen molar-refractivity contribution in [2.24, 2.45) is 0 Å². The molecule has 3 rings (SSSR count). The third kappa shape index (κ3) is 4.37. The first-order valence-electron chi connectivity index (χ1n) is 8.65. The van der Waals surface area contributed by atoms with Gasteiger partial charge in [0.2, 0.25) is 0 Å². The molecule has 0 radical (unpaired) electrons. The number of carbonyl (C=O) groups excluding carboxylic acids is 1. The van der Waals surface area contributed by atoms with Gasteiger partial charge in [-0.15, -0.1) is 0 Å². The molecule has 1 fully saturated rings. The first-order valence-corrected chi connectivity index (χ1v) is 8.65. The molecule has 2 aromatic carbocycles. The fourth-order valence-electron chi connectivity index (χ4n) is 3.10. The molecule has 1 aliphatic heterocycles. The molecule has 132 valence electrons. The third-order valence-electron chi connectivity index (χ3n) is 4.37. The van der Waals surface area contributed by atoms with Crippen LogP contribution in [0.15, 0.2) is 48.5 Å². The molecule has 0 aromatic heterocycles. The van der Waals surface area contributed by atoms with E-state index in [9.17, 15) is 9.18 Å². The highest BCUT2D eigenvalue weighted by molar-refractivity contribution is 5.97. The van der Waals surface area contributed by atoms with E-state index in [-0.39, 0.29) is 11.7 Å². The molecule has 1 aliphatic rings. The lowest BCUT2D eigenvalue weighted by atomic mass is 10.1. The average Bonchev–Trinajstić information content (AvgIpc) is 2.63. The van der Waals surface area contributed by atoms with Crippen molar-refractivity contribution in [1.82, 2.24) is 9.80 Å². The second-order valence-electron chi connectivity index (χ2n) is 6.13. The number of piperazine rings is 1. The fourth-order valence-corrected chi connectivity index (χ4v) is 3.10. The number of carbonyl (C=O) groups is 1. The smallest absolute Gasteiger partial charge is 0.257 e. The van der Waals surface area contributed by atoms with Gasteiger partial charge in [0.25, 0.3) is 5.91 Å². The Morgan fingerprint density at radius 2 is 1.84 bits per heavy atom. The SMILES string of the molecule is CCOc1ccccc1C(=O)N1CCN(Cc2cccc(F)c2)CC1. The quantitative estimate of drug-likeness (QED) is 0.837. The molecule has 0 saturated carbocycles. The Hall–Kier alpha value is -2.40. The van der Waals surface area contributed by atoms with Crippen molar-refractivity contribution < 1.29 is 13.9 Å². The molecule has 0 bridgehead atoms. The summed E-state index contributed by atoms with van der Waals surface area (Å²) in [5, 5.41) is 0. The Morgan fingerprint density at radius 3 is 2.56 bits per heavy atom. The van der Waals surface area contributed by atoms with E-state index in [4.69, 9.17) is 4.74 Å². The lowest BCUT2D eigenvalue weighted by molar-refractivity contribution is 0.0624. The van der Waals surface area contributed by atoms with Gasteiger partial charge < -0.3 is 9.64 Å². The lowest BCUT2D eigenvalue weighted by Gasteiger charge is -2.35. The predicted molar refractivity (Wildman–Crippen MR) is 95.2 cm³/mol. The highest BCUT2D eigenvalue weighted by Crippen LogP contribution is 2.21. The van der Waals surface area contributed by atoms with Crippen molar-refractivity contribution in [3.05, 3.63) is 65.5 Å². The van der Waals surface area contributed by atoms with Gasteiger partial charge in [0, 0.05) is 32.7 Å². The maximum absolute atomic E-state index is 13.3. The number of ether oxygens (including phenoxy) is 1. The van der Waals surface area contributed by atoms with Gasteiger partial charge in [-0.1, -0.05) is 24.3 Å². The van der Waals surface area contributed by atoms with Crippen molar-refractivity contribution >= 4 is 5.91 Å². The summed E-state index contributed by atoms with van der Waals surface area (Å²) >= 11 is 0. The minimum atomic E-state index is -0.209. The summed E-state index contributed by atoms with van der Waals surface area (Å²) in [5.41, 5.74) is 1.57. The average molecular weight is 342 g/mol. The molecule has 0 spiro atoms. The Balaban J connectivity index is 1.59. The van der Waals surface area contributed by atoms with Crippen LogP contribution in [0.2, 0.25) is 0 Å². The van der Waals surface area contributed by atoms with Gasteiger partial charge in [-0.25, -0.2) is 4.39 Å². The molecule has 4 nitrogen and oxygen atoms in total. The number of hydrogen-bond donors (Lipinski definition) is 0. The Bertz CT molecular complexity index is 727. The van der Waals surface area contributed by atoms with Crippen LogP contribution in [0.5, 0.6) is 5.75 Å². The summed E-state index contributed by atoms with van der Waals surface area (Å²) in [6, 6.07) is 14.1. The van der Waals surface area contributed by atoms with Crippen LogP contribution in [-0.2, 0) is 6.54 Å². The van der Waals surface area contributed by atoms with Gasteiger partial charge in [0.15, 0.2) is 0 Å². The van der Waals surface area contributed by atoms with E-state index in [0.717, 1.165) is 18.7 Å². The van der Waals surface area contributed by atoms with Gasteiger partial charge in [-0.3, -0.25) is 9.69 Å². The van der Waals surface area contributed by atoms with E-state index in [0.29, 0.717) is 37.6 Å². The number of nitrogens with zero attached hydrogens (tertiary/aromatic N) is 2. The zero-order valence-corrected chi connectivity index (χ0v) is 14.5. The van der Waals surface area contributed by atoms with Crippen LogP contribution < -0.4 is 4.74 Å². The van der Waals surface area contributed by atoms with Gasteiger partial charge in [-0.05, 0) is 36.8 Å². The Labute approximate surface area is 147 Å². The number of benzene rings is 2. The molecular weight excluding hydrogens is 319 g/mol. The number of para-hydroxylation sites is 1. The molecular formula is C20H23FN2O2. The topological polar surface area (TPSA) is 32.8 Å². The molecule has 0 atom stereocenters. The van der Waals surface area contributed by atoms with Crippen molar-refractivity contribution in [1.29, 1.82) is 0 Å². The minimum absolute atomic E-state index is 0.00876. The molecule has 25 heavy (non-hydrogen) atoms. The number of halogens is 1. The van der Waals surface area contributed by atoms with Gasteiger partial charge in [0.05, 0.1) is 12.2 Å². The number of hydrogen-bond acceptors (Lipinski definition) is 3. The van der Waals surface area contributed by atoms with Crippen LogP contribution in [0, 0.1) is 5.82 Å². The highest BCUT2D eigenvalue weighted by atomic mass is 19.1. The van der Waals surface area contributed by atoms with E-state index in [1.165, 1.54) is 6.07 Å². The van der Waals surface area contributed by atoms with E-state index >= 15 is 0 Å². The van der Waals surface area contributed by atoms with Crippen LogP contribution in [0.25, 0.3) is 0 Å². The Kier molecular flexibility index (Phi) is 5.66. The largest absolute Gasteiger partial charge is 0.493 e. The van der Waals surface area contributed by atoms with E-state index in [2.05, 4.69) is 4.90 Å². The van der Waals surface area contributed by atoms with Crippen molar-refractivity contribution in [3.63, 3.8) is 0 Å². The van der Waals surface area contributed by atoms with Crippen LogP contribution in [-0.4, -0.2) is 48.5 Å². The molecule has 0 N–H and O–H groups in total. The molecule has 5 heteroatoms. The van der Waals surface area contributed by atoms with Crippen molar-refractivity contribution in [2.45, 2.75) is 13.5 Å². The molecule has 1 amide bonds. The second kappa shape index (κ2) is 8.12. The van der Waals surface area contributed by atoms with Gasteiger partial charge >= 0.3 is 0 Å². The standard InChI is InChI=1S/C20H23FN2O2/c1-2-25-19-9-4-3-8-18(19)20(24)23-12-10-22(11-13-23)15-16-6-5-7-17(21)14-16/h3-9,14H,2,10-13,15H2,1H3. The van der Waals surface area contributed by atoms with E-state index < -0.39 is 0 Å². The summed E-state index contributed by atoms with van der Waals surface area (Å²) in [6.45, 7) is 6.02. The van der Waals surface area contributed by atoms with Gasteiger partial charge in [0.1, 0.15) is 11.6 Å². The van der Waals surface area contributed by atoms with Crippen LogP contribution in [0.3, 0.4) is 0 Å². The predicted octanol–water partition coefficient (Wildman–Crippen LogP) is 3.18. The summed E-state index contributed by atoms with van der Waals surface area (Å²) < 4.78 is 18.9. The zero-order chi connectivity index (χ0) is 17.6. The van der Waals surface area contributed by atoms with Crippen LogP contribution in [0.1, 0.15) is 22.8 Å². The summed E-state index contributed by atoms with van der Waals surface area (Å²) in [4.78, 5) is 16.9. The number of rotatable bonds is 5. The lowest BCUT2D eigenvalue weighted by Crippen LogP contribution is -2.48. The Morgan fingerprint density at radius 1 is 1.08 bits per heavy atom. The van der Waals surface area contributed by atoms with Crippen molar-refractivity contribution in [2.75, 3.05) is 32.8 Å². The molecule has 0 aliphatic carbocycles. The van der Waals surface area contributed by atoms with Crippen LogP contribution >= 0.6 is 0 Å². The third-order valence-corrected chi connectivity index (χ3v) is 4.37. The fraction of sp³-hybridized carbons (Fsp3) is 0.350. The summed E-state index contributed by atoms with van der Waals surface area (Å²) in [5.74, 6) is 0.436. The molecule has 2 aromatic rings. The summed E-state index contributed by atoms with van der Waals surface area (Å²) in [6.07, 6.45) is 0. The molecule has 1 heterocycles. The maximum atomic E-state index is 13.3. The molecule has 0 unspecified atom stereocenters. The summed E-state index contributed by atoms with van der Waals surface area (Å²) in [7, 11) is 0. The van der Waals surface area contributed by atoms with Crippen molar-refractivity contribution in [3.8, 4) is 5.75 Å². The number of amides is 1. The maximum Gasteiger partial charge on any atom is 0.257 e. The second-order valence-corrected chi connectivity index (χ2v) is 6.13. The highest BCUT2D eigenvalue weighted by Gasteiger charge is 2.24. The zero-order valence-electron chi connectivity index (χ0n) is 14.5. The minimum Gasteiger partial charge on any atom is -0.493 e. The first kappa shape index (κ1) is 17.4. The van der Waals surface area contributed by atoms with Gasteiger partial charge in [-0.2, -0.15) is 0 Å². The van der Waals surface area contributed by atoms with E-state index in [1.807, 2.05) is 42.2 Å². The first-order chi connectivity index (χ1) is 12.2. The normalized spacial score (nSPS) is 15.2. The molecule has 1 saturated heterocycles.